The smallest absolute Gasteiger partial charge is 0.416 e. The maximum atomic E-state index is 5.85. The maximum absolute atomic E-state index is 5.85. The summed E-state index contributed by atoms with van der Waals surface area (Å²) in [5.41, 5.74) is 0. The molecular formula is C14H35NO4Si2. The Hall–Kier alpha value is 0.234. The highest BCUT2D eigenvalue weighted by Gasteiger charge is 2.39. The summed E-state index contributed by atoms with van der Waals surface area (Å²) in [5.74, 6) is 0. The van der Waals surface area contributed by atoms with Crippen LogP contribution in [0.4, 0.5) is 0 Å². The third-order valence-corrected chi connectivity index (χ3v) is 8.34. The molecule has 0 aliphatic carbocycles. The molecule has 21 heavy (non-hydrogen) atoms. The molecule has 0 unspecified atom stereocenters. The van der Waals surface area contributed by atoms with Crippen LogP contribution in [0, 0.1) is 0 Å². The topological polar surface area (TPSA) is 49.0 Å². The van der Waals surface area contributed by atoms with Crippen molar-refractivity contribution in [2.24, 2.45) is 0 Å². The zero-order chi connectivity index (χ0) is 16.2. The van der Waals surface area contributed by atoms with Crippen LogP contribution in [-0.4, -0.2) is 56.3 Å². The van der Waals surface area contributed by atoms with E-state index in [0.717, 1.165) is 31.8 Å². The van der Waals surface area contributed by atoms with Crippen LogP contribution in [0.1, 0.15) is 34.1 Å². The zero-order valence-electron chi connectivity index (χ0n) is 14.8. The summed E-state index contributed by atoms with van der Waals surface area (Å²) in [4.78, 5) is 0. The molecule has 0 saturated carbocycles. The summed E-state index contributed by atoms with van der Waals surface area (Å²) < 4.78 is 23.3. The summed E-state index contributed by atoms with van der Waals surface area (Å²) in [6, 6.07) is 0.867. The van der Waals surface area contributed by atoms with Crippen LogP contribution < -0.4 is 5.32 Å². The molecule has 0 rings (SSSR count). The molecule has 0 radical (unpaired) electrons. The number of hydrogen-bond donors (Lipinski definition) is 1. The number of hydrogen-bond acceptors (Lipinski definition) is 5. The summed E-state index contributed by atoms with van der Waals surface area (Å²) >= 11 is 0. The van der Waals surface area contributed by atoms with Crippen LogP contribution in [-0.2, 0) is 17.7 Å². The van der Waals surface area contributed by atoms with Gasteiger partial charge in [-0.05, 0) is 53.8 Å². The standard InChI is InChI=1S/C14H35NO4Si2/c1-7-16-20(5,6)14-15-12-11-13-21(17-8-2,18-9-3)19-10-4/h15H,7-14H2,1-6H3. The van der Waals surface area contributed by atoms with E-state index in [1.807, 2.05) is 20.8 Å². The van der Waals surface area contributed by atoms with Crippen molar-refractivity contribution in [2.75, 3.05) is 39.1 Å². The van der Waals surface area contributed by atoms with Crippen molar-refractivity contribution < 1.29 is 17.7 Å². The highest BCUT2D eigenvalue weighted by atomic mass is 28.4. The molecule has 7 heteroatoms. The highest BCUT2D eigenvalue weighted by molar-refractivity contribution is 6.71. The fourth-order valence-corrected chi connectivity index (χ4v) is 6.54. The second kappa shape index (κ2) is 11.8. The van der Waals surface area contributed by atoms with E-state index in [2.05, 4.69) is 25.3 Å². The molecule has 0 aromatic carbocycles. The Bertz CT molecular complexity index is 238. The van der Waals surface area contributed by atoms with Gasteiger partial charge in [-0.25, -0.2) is 0 Å². The van der Waals surface area contributed by atoms with E-state index in [4.69, 9.17) is 17.7 Å². The lowest BCUT2D eigenvalue weighted by Crippen LogP contribution is -2.47. The minimum absolute atomic E-state index is 0.643. The predicted octanol–water partition coefficient (Wildman–Crippen LogP) is 2.80. The van der Waals surface area contributed by atoms with E-state index in [0.29, 0.717) is 19.8 Å². The summed E-state index contributed by atoms with van der Waals surface area (Å²) in [5, 5.41) is 3.50. The lowest BCUT2D eigenvalue weighted by atomic mass is 10.5. The van der Waals surface area contributed by atoms with Gasteiger partial charge in [0.25, 0.3) is 0 Å². The van der Waals surface area contributed by atoms with Gasteiger partial charge in [-0.15, -0.1) is 0 Å². The van der Waals surface area contributed by atoms with Crippen molar-refractivity contribution in [2.45, 2.75) is 53.3 Å². The van der Waals surface area contributed by atoms with E-state index in [-0.39, 0.29) is 0 Å². The minimum atomic E-state index is -2.47. The number of rotatable bonds is 14. The van der Waals surface area contributed by atoms with Crippen molar-refractivity contribution in [3.05, 3.63) is 0 Å². The molecule has 0 saturated heterocycles. The average Bonchev–Trinajstić information content (AvgIpc) is 2.39. The first-order valence-electron chi connectivity index (χ1n) is 8.21. The molecular weight excluding hydrogens is 302 g/mol. The third kappa shape index (κ3) is 9.77. The molecule has 5 nitrogen and oxygen atoms in total. The lowest BCUT2D eigenvalue weighted by molar-refractivity contribution is 0.0708. The van der Waals surface area contributed by atoms with Gasteiger partial charge in [-0.3, -0.25) is 0 Å². The Balaban J connectivity index is 4.12. The van der Waals surface area contributed by atoms with E-state index in [1.165, 1.54) is 0 Å². The monoisotopic (exact) mass is 337 g/mol. The van der Waals surface area contributed by atoms with Gasteiger partial charge in [-0.2, -0.15) is 0 Å². The van der Waals surface area contributed by atoms with Gasteiger partial charge in [0.1, 0.15) is 0 Å². The van der Waals surface area contributed by atoms with Crippen molar-refractivity contribution in [1.29, 1.82) is 0 Å². The van der Waals surface area contributed by atoms with Gasteiger partial charge < -0.3 is 23.0 Å². The van der Waals surface area contributed by atoms with Crippen LogP contribution in [0.3, 0.4) is 0 Å². The van der Waals surface area contributed by atoms with Gasteiger partial charge in [-0.1, -0.05) is 0 Å². The fourth-order valence-electron chi connectivity index (χ4n) is 2.26. The first kappa shape index (κ1) is 21.2. The van der Waals surface area contributed by atoms with Crippen molar-refractivity contribution >= 4 is 17.1 Å². The van der Waals surface area contributed by atoms with Crippen LogP contribution in [0.2, 0.25) is 19.1 Å². The van der Waals surface area contributed by atoms with Gasteiger partial charge >= 0.3 is 8.80 Å². The molecule has 0 aliphatic rings. The molecule has 0 atom stereocenters. The van der Waals surface area contributed by atoms with Crippen LogP contribution in [0.25, 0.3) is 0 Å². The van der Waals surface area contributed by atoms with Crippen molar-refractivity contribution in [3.63, 3.8) is 0 Å². The quantitative estimate of drug-likeness (QED) is 0.390. The van der Waals surface area contributed by atoms with Gasteiger partial charge in [0, 0.05) is 38.6 Å². The molecule has 1 N–H and O–H groups in total. The Labute approximate surface area is 133 Å². The first-order chi connectivity index (χ1) is 9.95. The first-order valence-corrected chi connectivity index (χ1v) is 13.3. The predicted molar refractivity (Wildman–Crippen MR) is 92.0 cm³/mol. The highest BCUT2D eigenvalue weighted by Crippen LogP contribution is 2.17. The normalized spacial score (nSPS) is 12.9. The molecule has 0 aliphatic heterocycles. The fraction of sp³-hybridized carbons (Fsp3) is 1.00. The molecule has 0 fully saturated rings. The Morgan fingerprint density at radius 2 is 1.24 bits per heavy atom. The molecule has 0 bridgehead atoms. The third-order valence-electron chi connectivity index (χ3n) is 3.02. The van der Waals surface area contributed by atoms with Crippen LogP contribution in [0.5, 0.6) is 0 Å². The zero-order valence-corrected chi connectivity index (χ0v) is 16.8. The van der Waals surface area contributed by atoms with Crippen LogP contribution in [0.15, 0.2) is 0 Å². The van der Waals surface area contributed by atoms with Gasteiger partial charge in [0.15, 0.2) is 8.32 Å². The molecule has 0 aromatic rings. The van der Waals surface area contributed by atoms with E-state index >= 15 is 0 Å². The maximum Gasteiger partial charge on any atom is 0.500 e. The van der Waals surface area contributed by atoms with Crippen molar-refractivity contribution in [3.8, 4) is 0 Å². The average molecular weight is 338 g/mol. The molecule has 0 aromatic heterocycles. The Kier molecular flexibility index (Phi) is 11.9. The Morgan fingerprint density at radius 1 is 0.762 bits per heavy atom. The summed E-state index contributed by atoms with van der Waals surface area (Å²) in [6.45, 7) is 16.2. The summed E-state index contributed by atoms with van der Waals surface area (Å²) in [7, 11) is -4.00. The molecule has 0 spiro atoms. The molecule has 0 heterocycles. The van der Waals surface area contributed by atoms with E-state index < -0.39 is 17.1 Å². The SMILES string of the molecule is CCO[Si](C)(C)CNCCC[Si](OCC)(OCC)OCC. The van der Waals surface area contributed by atoms with E-state index in [9.17, 15) is 0 Å². The second-order valence-corrected chi connectivity index (χ2v) is 12.3. The van der Waals surface area contributed by atoms with E-state index in [1.54, 1.807) is 0 Å². The Morgan fingerprint density at radius 3 is 1.67 bits per heavy atom. The minimum Gasteiger partial charge on any atom is -0.416 e. The lowest BCUT2D eigenvalue weighted by Gasteiger charge is -2.28. The molecule has 128 valence electrons. The largest absolute Gasteiger partial charge is 0.500 e. The van der Waals surface area contributed by atoms with Gasteiger partial charge in [0.05, 0.1) is 0 Å². The van der Waals surface area contributed by atoms with Gasteiger partial charge in [0.2, 0.25) is 0 Å². The van der Waals surface area contributed by atoms with Crippen molar-refractivity contribution in [1.82, 2.24) is 5.32 Å². The number of nitrogens with one attached hydrogen (secondary N) is 1. The molecule has 0 amide bonds. The van der Waals surface area contributed by atoms with Crippen LogP contribution >= 0.6 is 0 Å². The second-order valence-electron chi connectivity index (χ2n) is 5.46. The summed E-state index contributed by atoms with van der Waals surface area (Å²) in [6.07, 6.45) is 1.98.